The Morgan fingerprint density at radius 3 is 3.06 bits per heavy atom. The van der Waals surface area contributed by atoms with Gasteiger partial charge < -0.3 is 15.7 Å². The van der Waals surface area contributed by atoms with Crippen LogP contribution < -0.4 is 10.6 Å². The predicted molar refractivity (Wildman–Crippen MR) is 67.7 cm³/mol. The third-order valence-corrected chi connectivity index (χ3v) is 3.23. The van der Waals surface area contributed by atoms with E-state index in [0.717, 1.165) is 19.4 Å². The number of aliphatic hydroxyl groups is 1. The second kappa shape index (κ2) is 4.89. The number of anilines is 1. The predicted octanol–water partition coefficient (Wildman–Crippen LogP) is 0.980. The van der Waals surface area contributed by atoms with Crippen LogP contribution in [0, 0.1) is 5.41 Å². The Kier molecular flexibility index (Phi) is 3.49. The van der Waals surface area contributed by atoms with Gasteiger partial charge in [-0.2, -0.15) is 0 Å². The van der Waals surface area contributed by atoms with Gasteiger partial charge in [-0.3, -0.25) is 5.41 Å². The molecule has 6 heteroatoms. The monoisotopic (exact) mass is 254 g/mol. The molecule has 1 aromatic rings. The summed E-state index contributed by atoms with van der Waals surface area (Å²) in [6.45, 7) is 1.33. The van der Waals surface area contributed by atoms with Crippen molar-refractivity contribution in [2.75, 3.05) is 18.0 Å². The Labute approximate surface area is 105 Å². The molecule has 1 unspecified atom stereocenters. The third-order valence-electron chi connectivity index (χ3n) is 2.86. The first kappa shape index (κ1) is 12.1. The highest BCUT2D eigenvalue weighted by molar-refractivity contribution is 6.36. The lowest BCUT2D eigenvalue weighted by Gasteiger charge is -2.31. The van der Waals surface area contributed by atoms with Gasteiger partial charge in [0.2, 0.25) is 0 Å². The molecule has 0 aromatic carbocycles. The lowest BCUT2D eigenvalue weighted by atomic mass is 10.1. The topological polar surface area (TPSA) is 86.2 Å². The Morgan fingerprint density at radius 1 is 1.65 bits per heavy atom. The van der Waals surface area contributed by atoms with E-state index < -0.39 is 0 Å². The standard InChI is InChI=1S/C11H15ClN4O/c12-9-8(10(13)14)3-4-15-11(9)16-5-1-2-7(17)6-16/h3-4,7,17H,1-2,5-6H2,(H3,13,14). The van der Waals surface area contributed by atoms with Gasteiger partial charge >= 0.3 is 0 Å². The van der Waals surface area contributed by atoms with Gasteiger partial charge in [0.25, 0.3) is 0 Å². The van der Waals surface area contributed by atoms with Crippen molar-refractivity contribution in [3.63, 3.8) is 0 Å². The molecule has 1 fully saturated rings. The number of nitrogen functional groups attached to an aromatic ring is 1. The summed E-state index contributed by atoms with van der Waals surface area (Å²) in [6, 6.07) is 1.62. The van der Waals surface area contributed by atoms with E-state index in [2.05, 4.69) is 4.98 Å². The van der Waals surface area contributed by atoms with Gasteiger partial charge in [0.15, 0.2) is 0 Å². The van der Waals surface area contributed by atoms with Gasteiger partial charge in [0, 0.05) is 24.8 Å². The molecule has 0 bridgehead atoms. The summed E-state index contributed by atoms with van der Waals surface area (Å²) in [5.41, 5.74) is 5.93. The molecule has 2 rings (SSSR count). The molecule has 17 heavy (non-hydrogen) atoms. The van der Waals surface area contributed by atoms with Gasteiger partial charge in [-0.15, -0.1) is 0 Å². The number of aromatic nitrogens is 1. The zero-order chi connectivity index (χ0) is 12.4. The van der Waals surface area contributed by atoms with Gasteiger partial charge in [-0.25, -0.2) is 4.98 Å². The summed E-state index contributed by atoms with van der Waals surface area (Å²) in [7, 11) is 0. The van der Waals surface area contributed by atoms with Gasteiger partial charge in [0.1, 0.15) is 11.7 Å². The van der Waals surface area contributed by atoms with Crippen molar-refractivity contribution in [1.29, 1.82) is 5.41 Å². The van der Waals surface area contributed by atoms with E-state index >= 15 is 0 Å². The van der Waals surface area contributed by atoms with E-state index in [9.17, 15) is 5.11 Å². The number of amidine groups is 1. The van der Waals surface area contributed by atoms with Crippen LogP contribution in [0.25, 0.3) is 0 Å². The highest BCUT2D eigenvalue weighted by Gasteiger charge is 2.22. The second-order valence-corrected chi connectivity index (χ2v) is 4.53. The number of nitrogens with two attached hydrogens (primary N) is 1. The zero-order valence-corrected chi connectivity index (χ0v) is 10.1. The highest BCUT2D eigenvalue weighted by Crippen LogP contribution is 2.28. The summed E-state index contributed by atoms with van der Waals surface area (Å²) >= 11 is 6.18. The van der Waals surface area contributed by atoms with Gasteiger partial charge in [-0.05, 0) is 18.9 Å². The van der Waals surface area contributed by atoms with Gasteiger partial charge in [0.05, 0.1) is 11.1 Å². The van der Waals surface area contributed by atoms with Crippen molar-refractivity contribution in [1.82, 2.24) is 4.98 Å². The molecule has 0 radical (unpaired) electrons. The third kappa shape index (κ3) is 2.50. The van der Waals surface area contributed by atoms with Crippen molar-refractivity contribution in [3.8, 4) is 0 Å². The molecule has 1 saturated heterocycles. The molecular formula is C11H15ClN4O. The minimum absolute atomic E-state index is 0.0730. The molecule has 0 amide bonds. The van der Waals surface area contributed by atoms with Crippen LogP contribution in [0.4, 0.5) is 5.82 Å². The molecule has 4 N–H and O–H groups in total. The van der Waals surface area contributed by atoms with Crippen LogP contribution in [0.3, 0.4) is 0 Å². The van der Waals surface area contributed by atoms with Crippen LogP contribution in [-0.4, -0.2) is 35.1 Å². The molecule has 2 heterocycles. The molecule has 92 valence electrons. The van der Waals surface area contributed by atoms with Gasteiger partial charge in [-0.1, -0.05) is 11.6 Å². The lowest BCUT2D eigenvalue weighted by Crippen LogP contribution is -2.39. The van der Waals surface area contributed by atoms with Crippen molar-refractivity contribution >= 4 is 23.3 Å². The van der Waals surface area contributed by atoms with E-state index in [1.165, 1.54) is 0 Å². The molecule has 1 aromatic heterocycles. The first-order chi connectivity index (χ1) is 8.09. The number of β-amino-alcohol motifs (C(OH)–C–C–N with tert-alkyl or cyclic N) is 1. The number of pyridine rings is 1. The molecule has 1 aliphatic heterocycles. The maximum absolute atomic E-state index is 9.63. The molecular weight excluding hydrogens is 240 g/mol. The van der Waals surface area contributed by atoms with Crippen LogP contribution >= 0.6 is 11.6 Å². The number of hydrogen-bond donors (Lipinski definition) is 3. The number of piperidine rings is 1. The van der Waals surface area contributed by atoms with E-state index in [0.29, 0.717) is 22.9 Å². The Morgan fingerprint density at radius 2 is 2.41 bits per heavy atom. The molecule has 0 aliphatic carbocycles. The first-order valence-corrected chi connectivity index (χ1v) is 5.89. The average molecular weight is 255 g/mol. The summed E-state index contributed by atoms with van der Waals surface area (Å²) in [5.74, 6) is 0.523. The van der Waals surface area contributed by atoms with Crippen molar-refractivity contribution < 1.29 is 5.11 Å². The van der Waals surface area contributed by atoms with Crippen LogP contribution in [0.15, 0.2) is 12.3 Å². The number of hydrogen-bond acceptors (Lipinski definition) is 4. The normalized spacial score (nSPS) is 20.4. The Balaban J connectivity index is 2.32. The number of halogens is 1. The molecule has 5 nitrogen and oxygen atoms in total. The quantitative estimate of drug-likeness (QED) is 0.542. The van der Waals surface area contributed by atoms with E-state index in [1.54, 1.807) is 12.3 Å². The molecule has 0 saturated carbocycles. The maximum Gasteiger partial charge on any atom is 0.148 e. The average Bonchev–Trinajstić information content (AvgIpc) is 2.29. The summed E-state index contributed by atoms with van der Waals surface area (Å²) in [6.07, 6.45) is 2.95. The van der Waals surface area contributed by atoms with Crippen LogP contribution in [0.5, 0.6) is 0 Å². The number of rotatable bonds is 2. The van der Waals surface area contributed by atoms with Crippen LogP contribution in [-0.2, 0) is 0 Å². The number of nitrogens with zero attached hydrogens (tertiary/aromatic N) is 2. The Bertz CT molecular complexity index is 437. The summed E-state index contributed by atoms with van der Waals surface area (Å²) < 4.78 is 0. The fourth-order valence-corrected chi connectivity index (χ4v) is 2.34. The minimum atomic E-state index is -0.345. The fourth-order valence-electron chi connectivity index (χ4n) is 2.01. The fraction of sp³-hybridized carbons (Fsp3) is 0.455. The van der Waals surface area contributed by atoms with E-state index in [1.807, 2.05) is 4.90 Å². The molecule has 0 spiro atoms. The maximum atomic E-state index is 9.63. The van der Waals surface area contributed by atoms with Crippen molar-refractivity contribution in [2.45, 2.75) is 18.9 Å². The first-order valence-electron chi connectivity index (χ1n) is 5.51. The summed E-state index contributed by atoms with van der Waals surface area (Å²) in [5, 5.41) is 17.4. The Hall–Kier alpha value is -1.33. The van der Waals surface area contributed by atoms with Crippen molar-refractivity contribution in [2.24, 2.45) is 5.73 Å². The smallest absolute Gasteiger partial charge is 0.148 e. The number of aliphatic hydroxyl groups excluding tert-OH is 1. The van der Waals surface area contributed by atoms with E-state index in [4.69, 9.17) is 22.7 Å². The zero-order valence-electron chi connectivity index (χ0n) is 9.36. The number of nitrogens with one attached hydrogen (secondary N) is 1. The SMILES string of the molecule is N=C(N)c1ccnc(N2CCCC(O)C2)c1Cl. The lowest BCUT2D eigenvalue weighted by molar-refractivity contribution is 0.154. The molecule has 1 atom stereocenters. The highest BCUT2D eigenvalue weighted by atomic mass is 35.5. The minimum Gasteiger partial charge on any atom is -0.391 e. The van der Waals surface area contributed by atoms with Crippen LogP contribution in [0.1, 0.15) is 18.4 Å². The second-order valence-electron chi connectivity index (χ2n) is 4.15. The summed E-state index contributed by atoms with van der Waals surface area (Å²) in [4.78, 5) is 6.14. The largest absolute Gasteiger partial charge is 0.391 e. The van der Waals surface area contributed by atoms with Crippen LogP contribution in [0.2, 0.25) is 5.02 Å². The van der Waals surface area contributed by atoms with E-state index in [-0.39, 0.29) is 11.9 Å². The molecule has 1 aliphatic rings. The van der Waals surface area contributed by atoms with Crippen molar-refractivity contribution in [3.05, 3.63) is 22.8 Å².